The molecular weight excluding hydrogens is 404 g/mol. The van der Waals surface area contributed by atoms with Crippen LogP contribution in [0.2, 0.25) is 5.02 Å². The molecule has 4 N–H and O–H groups in total. The second-order valence-corrected chi connectivity index (χ2v) is 5.49. The molecule has 0 spiro atoms. The first-order valence-corrected chi connectivity index (χ1v) is 7.47. The van der Waals surface area contributed by atoms with Crippen molar-refractivity contribution in [1.82, 2.24) is 5.32 Å². The van der Waals surface area contributed by atoms with E-state index in [1.807, 2.05) is 0 Å². The number of carboxylic acid groups (broad SMARTS) is 1. The molecule has 0 fully saturated rings. The number of carbonyl (C=O) groups is 3. The van der Waals surface area contributed by atoms with Crippen molar-refractivity contribution in [2.45, 2.75) is 0 Å². The van der Waals surface area contributed by atoms with Crippen molar-refractivity contribution < 1.29 is 24.2 Å². The highest BCUT2D eigenvalue weighted by atomic mass is 79.9. The quantitative estimate of drug-likeness (QED) is 0.691. The lowest BCUT2D eigenvalue weighted by molar-refractivity contribution is 0.0948. The SMILES string of the molecule is NC(=O)Oc1ccc(Br)cc1.O=C(O)NC(=O)c1ccc(Cl)cc1. The zero-order valence-electron chi connectivity index (χ0n) is 12.0. The van der Waals surface area contributed by atoms with E-state index in [-0.39, 0.29) is 5.56 Å². The molecular formula is C15H12BrClN2O5. The van der Waals surface area contributed by atoms with Crippen molar-refractivity contribution in [3.8, 4) is 5.75 Å². The number of carbonyl (C=O) groups excluding carboxylic acids is 2. The van der Waals surface area contributed by atoms with Crippen LogP contribution in [0.1, 0.15) is 10.4 Å². The van der Waals surface area contributed by atoms with E-state index < -0.39 is 18.1 Å². The Morgan fingerprint density at radius 1 is 1.04 bits per heavy atom. The summed E-state index contributed by atoms with van der Waals surface area (Å²) in [6, 6.07) is 12.7. The number of nitrogens with two attached hydrogens (primary N) is 1. The molecule has 7 nitrogen and oxygen atoms in total. The van der Waals surface area contributed by atoms with Gasteiger partial charge in [-0.2, -0.15) is 0 Å². The number of hydrogen-bond donors (Lipinski definition) is 3. The third-order valence-corrected chi connectivity index (χ3v) is 3.14. The van der Waals surface area contributed by atoms with Crippen LogP contribution >= 0.6 is 27.5 Å². The van der Waals surface area contributed by atoms with Crippen LogP contribution in [0.25, 0.3) is 0 Å². The van der Waals surface area contributed by atoms with Gasteiger partial charge in [0.05, 0.1) is 0 Å². The molecule has 2 aromatic rings. The van der Waals surface area contributed by atoms with Crippen molar-refractivity contribution in [2.75, 3.05) is 0 Å². The predicted octanol–water partition coefficient (Wildman–Crippen LogP) is 3.65. The van der Waals surface area contributed by atoms with Crippen molar-refractivity contribution in [2.24, 2.45) is 5.73 Å². The van der Waals surface area contributed by atoms with E-state index in [1.54, 1.807) is 29.6 Å². The van der Waals surface area contributed by atoms with Crippen LogP contribution in [0.15, 0.2) is 53.0 Å². The molecule has 3 amide bonds. The van der Waals surface area contributed by atoms with Crippen LogP contribution in [-0.4, -0.2) is 23.2 Å². The fraction of sp³-hybridized carbons (Fsp3) is 0. The van der Waals surface area contributed by atoms with E-state index in [4.69, 9.17) is 22.4 Å². The molecule has 24 heavy (non-hydrogen) atoms. The Hall–Kier alpha value is -2.58. The number of hydrogen-bond acceptors (Lipinski definition) is 4. The van der Waals surface area contributed by atoms with Crippen LogP contribution in [0.3, 0.4) is 0 Å². The molecule has 2 aromatic carbocycles. The molecule has 0 aliphatic carbocycles. The van der Waals surface area contributed by atoms with Crippen molar-refractivity contribution in [3.05, 3.63) is 63.6 Å². The van der Waals surface area contributed by atoms with Crippen molar-refractivity contribution in [3.63, 3.8) is 0 Å². The summed E-state index contributed by atoms with van der Waals surface area (Å²) in [6.45, 7) is 0. The zero-order valence-corrected chi connectivity index (χ0v) is 14.4. The number of rotatable bonds is 2. The Labute approximate surface area is 150 Å². The van der Waals surface area contributed by atoms with Gasteiger partial charge in [-0.1, -0.05) is 27.5 Å². The Morgan fingerprint density at radius 3 is 2.04 bits per heavy atom. The molecule has 0 aliphatic rings. The lowest BCUT2D eigenvalue weighted by Crippen LogP contribution is -2.28. The number of halogens is 2. The second kappa shape index (κ2) is 9.53. The maximum Gasteiger partial charge on any atom is 0.411 e. The van der Waals surface area contributed by atoms with Gasteiger partial charge in [0, 0.05) is 15.1 Å². The number of amides is 3. The van der Waals surface area contributed by atoms with E-state index >= 15 is 0 Å². The summed E-state index contributed by atoms with van der Waals surface area (Å²) < 4.78 is 5.51. The molecule has 0 saturated heterocycles. The van der Waals surface area contributed by atoms with Crippen LogP contribution in [0.4, 0.5) is 9.59 Å². The monoisotopic (exact) mass is 414 g/mol. The molecule has 126 valence electrons. The van der Waals surface area contributed by atoms with Gasteiger partial charge in [0.15, 0.2) is 0 Å². The van der Waals surface area contributed by atoms with Crippen molar-refractivity contribution in [1.29, 1.82) is 0 Å². The summed E-state index contributed by atoms with van der Waals surface area (Å²) >= 11 is 8.81. The highest BCUT2D eigenvalue weighted by molar-refractivity contribution is 9.10. The van der Waals surface area contributed by atoms with Crippen molar-refractivity contribution >= 4 is 45.6 Å². The Balaban J connectivity index is 0.000000243. The number of ether oxygens (including phenoxy) is 1. The van der Waals surface area contributed by atoms with Gasteiger partial charge in [0.2, 0.25) is 0 Å². The average molecular weight is 416 g/mol. The molecule has 0 heterocycles. The lowest BCUT2D eigenvalue weighted by Gasteiger charge is -1.98. The van der Waals surface area contributed by atoms with Crippen LogP contribution in [0, 0.1) is 0 Å². The number of nitrogens with one attached hydrogen (secondary N) is 1. The van der Waals surface area contributed by atoms with Crippen LogP contribution < -0.4 is 15.8 Å². The molecule has 0 bridgehead atoms. The third-order valence-electron chi connectivity index (χ3n) is 2.36. The second-order valence-electron chi connectivity index (χ2n) is 4.14. The summed E-state index contributed by atoms with van der Waals surface area (Å²) in [5.74, 6) is -0.218. The number of imide groups is 1. The van der Waals surface area contributed by atoms with Gasteiger partial charge in [-0.3, -0.25) is 10.1 Å². The first kappa shape index (κ1) is 19.5. The maximum absolute atomic E-state index is 11.0. The topological polar surface area (TPSA) is 119 Å². The summed E-state index contributed by atoms with van der Waals surface area (Å²) in [5, 5.41) is 10.4. The minimum absolute atomic E-state index is 0.256. The standard InChI is InChI=1S/C8H6ClNO3.C7H6BrNO2/c9-6-3-1-5(2-4-6)7(11)10-8(12)13;8-5-1-3-6(4-2-5)11-7(9)10/h1-4H,(H,10,11)(H,12,13);1-4H,(H2,9,10). The molecule has 0 saturated carbocycles. The van der Waals surface area contributed by atoms with E-state index in [1.165, 1.54) is 24.3 Å². The minimum atomic E-state index is -1.38. The lowest BCUT2D eigenvalue weighted by atomic mass is 10.2. The van der Waals surface area contributed by atoms with Gasteiger partial charge < -0.3 is 15.6 Å². The Kier molecular flexibility index (Phi) is 7.73. The molecule has 2 rings (SSSR count). The smallest absolute Gasteiger partial charge is 0.411 e. The zero-order chi connectivity index (χ0) is 18.1. The normalized spacial score (nSPS) is 9.25. The van der Waals surface area contributed by atoms with E-state index in [2.05, 4.69) is 20.7 Å². The van der Waals surface area contributed by atoms with Crippen LogP contribution in [0.5, 0.6) is 5.75 Å². The summed E-state index contributed by atoms with van der Waals surface area (Å²) in [6.07, 6.45) is -2.17. The van der Waals surface area contributed by atoms with Gasteiger partial charge in [-0.05, 0) is 48.5 Å². The summed E-state index contributed by atoms with van der Waals surface area (Å²) in [5.41, 5.74) is 5.05. The van der Waals surface area contributed by atoms with Gasteiger partial charge in [-0.15, -0.1) is 0 Å². The number of primary amides is 1. The Bertz CT molecular complexity index is 720. The first-order chi connectivity index (χ1) is 11.3. The molecule has 0 radical (unpaired) electrons. The molecule has 0 aromatic heterocycles. The van der Waals surface area contributed by atoms with Gasteiger partial charge in [-0.25, -0.2) is 9.59 Å². The predicted molar refractivity (Wildman–Crippen MR) is 91.3 cm³/mol. The highest BCUT2D eigenvalue weighted by Crippen LogP contribution is 2.15. The first-order valence-electron chi connectivity index (χ1n) is 6.30. The molecule has 0 atom stereocenters. The fourth-order valence-electron chi connectivity index (χ4n) is 1.39. The minimum Gasteiger partial charge on any atom is -0.465 e. The van der Waals surface area contributed by atoms with E-state index in [9.17, 15) is 14.4 Å². The fourth-order valence-corrected chi connectivity index (χ4v) is 1.78. The highest BCUT2D eigenvalue weighted by Gasteiger charge is 2.07. The van der Waals surface area contributed by atoms with Gasteiger partial charge >= 0.3 is 12.2 Å². The van der Waals surface area contributed by atoms with Crippen LogP contribution in [-0.2, 0) is 0 Å². The summed E-state index contributed by atoms with van der Waals surface area (Å²) in [7, 11) is 0. The van der Waals surface area contributed by atoms with Gasteiger partial charge in [0.25, 0.3) is 5.91 Å². The average Bonchev–Trinajstić information content (AvgIpc) is 2.50. The maximum atomic E-state index is 11.0. The molecule has 9 heteroatoms. The molecule has 0 unspecified atom stereocenters. The largest absolute Gasteiger partial charge is 0.465 e. The third kappa shape index (κ3) is 7.61. The van der Waals surface area contributed by atoms with E-state index in [0.29, 0.717) is 10.8 Å². The Morgan fingerprint density at radius 2 is 1.58 bits per heavy atom. The van der Waals surface area contributed by atoms with Gasteiger partial charge in [0.1, 0.15) is 5.75 Å². The molecule has 0 aliphatic heterocycles. The summed E-state index contributed by atoms with van der Waals surface area (Å²) in [4.78, 5) is 31.4. The van der Waals surface area contributed by atoms with E-state index in [0.717, 1.165) is 4.47 Å². The number of benzene rings is 2.